The van der Waals surface area contributed by atoms with Crippen molar-refractivity contribution in [1.29, 1.82) is 0 Å². The molecule has 166 valence electrons. The molecule has 0 aliphatic carbocycles. The molecule has 5 nitrogen and oxygen atoms in total. The van der Waals surface area contributed by atoms with Gasteiger partial charge in [-0.05, 0) is 54.3 Å². The first-order valence-corrected chi connectivity index (χ1v) is 12.4. The van der Waals surface area contributed by atoms with Crippen molar-refractivity contribution in [2.45, 2.75) is 27.3 Å². The molecule has 3 aromatic heterocycles. The lowest BCUT2D eigenvalue weighted by Gasteiger charge is -2.36. The van der Waals surface area contributed by atoms with E-state index >= 15 is 0 Å². The van der Waals surface area contributed by atoms with E-state index < -0.39 is 0 Å². The van der Waals surface area contributed by atoms with Crippen LogP contribution in [0.3, 0.4) is 0 Å². The SMILES string of the molecule is Cc1cc(C)c2c(n1)sc1c(N3CCN(Cc4c(C)ccc5ccccc45)CC3)ncnc12. The largest absolute Gasteiger partial charge is 0.353 e. The van der Waals surface area contributed by atoms with Crippen molar-refractivity contribution in [2.75, 3.05) is 31.1 Å². The lowest BCUT2D eigenvalue weighted by Crippen LogP contribution is -2.46. The third kappa shape index (κ3) is 3.54. The van der Waals surface area contributed by atoms with Crippen LogP contribution in [0.15, 0.2) is 48.8 Å². The highest BCUT2D eigenvalue weighted by Crippen LogP contribution is 2.38. The second-order valence-corrected chi connectivity index (χ2v) is 10.1. The average Bonchev–Trinajstić information content (AvgIpc) is 3.20. The molecule has 0 bridgehead atoms. The van der Waals surface area contributed by atoms with E-state index in [0.29, 0.717) is 0 Å². The Balaban J connectivity index is 1.27. The molecule has 0 N–H and O–H groups in total. The summed E-state index contributed by atoms with van der Waals surface area (Å²) in [7, 11) is 0. The van der Waals surface area contributed by atoms with Gasteiger partial charge in [-0.3, -0.25) is 4.90 Å². The van der Waals surface area contributed by atoms with Gasteiger partial charge >= 0.3 is 0 Å². The van der Waals surface area contributed by atoms with Crippen LogP contribution in [-0.2, 0) is 6.54 Å². The molecule has 0 amide bonds. The summed E-state index contributed by atoms with van der Waals surface area (Å²) in [6.07, 6.45) is 1.72. The number of fused-ring (bicyclic) bond motifs is 4. The quantitative estimate of drug-likeness (QED) is 0.354. The summed E-state index contributed by atoms with van der Waals surface area (Å²) in [5.74, 6) is 1.06. The maximum Gasteiger partial charge on any atom is 0.150 e. The topological polar surface area (TPSA) is 45.2 Å². The molecule has 0 atom stereocenters. The molecule has 0 spiro atoms. The zero-order valence-corrected chi connectivity index (χ0v) is 20.1. The summed E-state index contributed by atoms with van der Waals surface area (Å²) in [5.41, 5.74) is 6.16. The third-order valence-corrected chi connectivity index (χ3v) is 7.93. The van der Waals surface area contributed by atoms with Crippen LogP contribution in [0.2, 0.25) is 0 Å². The van der Waals surface area contributed by atoms with Crippen LogP contribution >= 0.6 is 11.3 Å². The number of benzene rings is 2. The van der Waals surface area contributed by atoms with E-state index in [0.717, 1.165) is 59.3 Å². The number of nitrogens with zero attached hydrogens (tertiary/aromatic N) is 5. The van der Waals surface area contributed by atoms with Crippen LogP contribution in [0.5, 0.6) is 0 Å². The van der Waals surface area contributed by atoms with Gasteiger partial charge in [-0.1, -0.05) is 36.4 Å². The Morgan fingerprint density at radius 2 is 1.73 bits per heavy atom. The first kappa shape index (κ1) is 20.5. The van der Waals surface area contributed by atoms with Crippen molar-refractivity contribution < 1.29 is 0 Å². The Morgan fingerprint density at radius 3 is 2.58 bits per heavy atom. The fraction of sp³-hybridized carbons (Fsp3) is 0.296. The van der Waals surface area contributed by atoms with E-state index in [-0.39, 0.29) is 0 Å². The van der Waals surface area contributed by atoms with Gasteiger partial charge in [-0.2, -0.15) is 0 Å². The van der Waals surface area contributed by atoms with Crippen molar-refractivity contribution in [3.63, 3.8) is 0 Å². The molecule has 0 unspecified atom stereocenters. The standard InChI is InChI=1S/C27H27N5S/c1-17-8-9-20-6-4-5-7-21(20)22(17)15-31-10-12-32(13-11-31)26-25-24(28-16-29-26)23-18(2)14-19(3)30-27(23)33-25/h4-9,14,16H,10-13,15H2,1-3H3. The highest BCUT2D eigenvalue weighted by Gasteiger charge is 2.23. The first-order chi connectivity index (χ1) is 16.1. The summed E-state index contributed by atoms with van der Waals surface area (Å²) in [6, 6.07) is 15.4. The average molecular weight is 454 g/mol. The number of aryl methyl sites for hydroxylation is 3. The number of aromatic nitrogens is 3. The van der Waals surface area contributed by atoms with Gasteiger partial charge in [0.05, 0.1) is 10.2 Å². The summed E-state index contributed by atoms with van der Waals surface area (Å²) >= 11 is 1.73. The van der Waals surface area contributed by atoms with Gasteiger partial charge in [0.25, 0.3) is 0 Å². The van der Waals surface area contributed by atoms with Crippen molar-refractivity contribution in [3.05, 3.63) is 71.2 Å². The van der Waals surface area contributed by atoms with Gasteiger partial charge in [0, 0.05) is 43.8 Å². The fourth-order valence-corrected chi connectivity index (χ4v) is 6.39. The summed E-state index contributed by atoms with van der Waals surface area (Å²) in [6.45, 7) is 11.4. The van der Waals surface area contributed by atoms with Crippen LogP contribution in [0.25, 0.3) is 31.2 Å². The summed E-state index contributed by atoms with van der Waals surface area (Å²) in [4.78, 5) is 20.2. The Bertz CT molecular complexity index is 1500. The molecule has 0 saturated carbocycles. The minimum absolute atomic E-state index is 0.968. The molecule has 6 rings (SSSR count). The monoisotopic (exact) mass is 453 g/mol. The molecular formula is C27H27N5S. The van der Waals surface area contributed by atoms with Crippen molar-refractivity contribution in [2.24, 2.45) is 0 Å². The number of hydrogen-bond donors (Lipinski definition) is 0. The molecule has 1 aliphatic rings. The van der Waals surface area contributed by atoms with Crippen molar-refractivity contribution in [1.82, 2.24) is 19.9 Å². The van der Waals surface area contributed by atoms with E-state index in [1.165, 1.54) is 32.8 Å². The number of pyridine rings is 1. The molecular weight excluding hydrogens is 426 g/mol. The Hall–Kier alpha value is -3.09. The predicted molar refractivity (Wildman–Crippen MR) is 138 cm³/mol. The normalized spacial score (nSPS) is 15.2. The van der Waals surface area contributed by atoms with Gasteiger partial charge in [0.1, 0.15) is 17.0 Å². The van der Waals surface area contributed by atoms with Crippen molar-refractivity contribution in [3.8, 4) is 0 Å². The summed E-state index contributed by atoms with van der Waals surface area (Å²) < 4.78 is 1.16. The Morgan fingerprint density at radius 1 is 0.909 bits per heavy atom. The van der Waals surface area contributed by atoms with Gasteiger partial charge < -0.3 is 4.90 Å². The highest BCUT2D eigenvalue weighted by atomic mass is 32.1. The van der Waals surface area contributed by atoms with E-state index in [9.17, 15) is 0 Å². The zero-order valence-electron chi connectivity index (χ0n) is 19.3. The minimum Gasteiger partial charge on any atom is -0.353 e. The van der Waals surface area contributed by atoms with Crippen LogP contribution in [0.1, 0.15) is 22.4 Å². The lowest BCUT2D eigenvalue weighted by molar-refractivity contribution is 0.250. The molecule has 4 heterocycles. The number of rotatable bonds is 3. The van der Waals surface area contributed by atoms with Crippen LogP contribution in [-0.4, -0.2) is 46.0 Å². The van der Waals surface area contributed by atoms with Crippen molar-refractivity contribution >= 4 is 48.4 Å². The van der Waals surface area contributed by atoms with E-state index in [2.05, 4.69) is 78.0 Å². The van der Waals surface area contributed by atoms with Crippen LogP contribution in [0, 0.1) is 20.8 Å². The smallest absolute Gasteiger partial charge is 0.150 e. The lowest BCUT2D eigenvalue weighted by atomic mass is 9.99. The molecule has 0 radical (unpaired) electrons. The zero-order chi connectivity index (χ0) is 22.5. The van der Waals surface area contributed by atoms with E-state index in [4.69, 9.17) is 9.97 Å². The fourth-order valence-electron chi connectivity index (χ4n) is 5.12. The van der Waals surface area contributed by atoms with Gasteiger partial charge in [-0.15, -0.1) is 11.3 Å². The molecule has 1 saturated heterocycles. The first-order valence-electron chi connectivity index (χ1n) is 11.5. The van der Waals surface area contributed by atoms with Gasteiger partial charge in [0.2, 0.25) is 0 Å². The molecule has 1 aliphatic heterocycles. The molecule has 1 fully saturated rings. The number of piperazine rings is 1. The summed E-state index contributed by atoms with van der Waals surface area (Å²) in [5, 5.41) is 3.87. The number of thiophene rings is 1. The Kier molecular flexibility index (Phi) is 5.00. The van der Waals surface area contributed by atoms with Gasteiger partial charge in [0.15, 0.2) is 0 Å². The number of hydrogen-bond acceptors (Lipinski definition) is 6. The molecule has 6 heteroatoms. The second kappa shape index (κ2) is 8.04. The van der Waals surface area contributed by atoms with E-state index in [1.807, 2.05) is 0 Å². The number of anilines is 1. The third-order valence-electron chi connectivity index (χ3n) is 6.86. The minimum atomic E-state index is 0.968. The van der Waals surface area contributed by atoms with Crippen LogP contribution < -0.4 is 4.90 Å². The molecule has 2 aromatic carbocycles. The highest BCUT2D eigenvalue weighted by molar-refractivity contribution is 7.26. The maximum absolute atomic E-state index is 4.78. The maximum atomic E-state index is 4.78. The molecule has 33 heavy (non-hydrogen) atoms. The molecule has 5 aromatic rings. The van der Waals surface area contributed by atoms with Gasteiger partial charge in [-0.25, -0.2) is 15.0 Å². The predicted octanol–water partition coefficient (Wildman–Crippen LogP) is 5.64. The Labute approximate surface area is 197 Å². The second-order valence-electron chi connectivity index (χ2n) is 9.08. The van der Waals surface area contributed by atoms with E-state index in [1.54, 1.807) is 17.7 Å². The van der Waals surface area contributed by atoms with Crippen LogP contribution in [0.4, 0.5) is 5.82 Å².